The van der Waals surface area contributed by atoms with Gasteiger partial charge in [-0.25, -0.2) is 0 Å². The minimum atomic E-state index is -0.423. The zero-order valence-corrected chi connectivity index (χ0v) is 13.5. The van der Waals surface area contributed by atoms with Crippen molar-refractivity contribution in [1.82, 2.24) is 15.1 Å². The number of hydrogen-bond acceptors (Lipinski definition) is 4. The van der Waals surface area contributed by atoms with Crippen molar-refractivity contribution < 1.29 is 14.3 Å². The molecule has 0 aliphatic carbocycles. The summed E-state index contributed by atoms with van der Waals surface area (Å²) in [4.78, 5) is 28.7. The van der Waals surface area contributed by atoms with E-state index in [-0.39, 0.29) is 23.8 Å². The van der Waals surface area contributed by atoms with Crippen LogP contribution in [0.5, 0.6) is 0 Å². The van der Waals surface area contributed by atoms with Gasteiger partial charge in [0.15, 0.2) is 0 Å². The van der Waals surface area contributed by atoms with Gasteiger partial charge in [0.25, 0.3) is 0 Å². The molecule has 0 radical (unpaired) electrons. The first kappa shape index (κ1) is 16.2. The second kappa shape index (κ2) is 6.75. The predicted molar refractivity (Wildman–Crippen MR) is 79.8 cm³/mol. The monoisotopic (exact) mass is 297 g/mol. The third-order valence-corrected chi connectivity index (χ3v) is 4.65. The number of piperazine rings is 1. The van der Waals surface area contributed by atoms with Gasteiger partial charge in [-0.3, -0.25) is 9.59 Å². The summed E-state index contributed by atoms with van der Waals surface area (Å²) in [5.41, 5.74) is 0. The Labute approximate surface area is 126 Å². The quantitative estimate of drug-likeness (QED) is 0.798. The molecule has 6 nitrogen and oxygen atoms in total. The molecule has 0 aromatic carbocycles. The van der Waals surface area contributed by atoms with Crippen molar-refractivity contribution in [2.75, 3.05) is 33.3 Å². The molecule has 2 aliphatic heterocycles. The van der Waals surface area contributed by atoms with Crippen LogP contribution in [0, 0.1) is 5.92 Å². The summed E-state index contributed by atoms with van der Waals surface area (Å²) >= 11 is 0. The van der Waals surface area contributed by atoms with Crippen LogP contribution >= 0.6 is 0 Å². The highest BCUT2D eigenvalue weighted by Crippen LogP contribution is 2.19. The van der Waals surface area contributed by atoms with Crippen LogP contribution in [0.3, 0.4) is 0 Å². The maximum atomic E-state index is 12.7. The number of amides is 2. The van der Waals surface area contributed by atoms with Crippen LogP contribution in [0.1, 0.15) is 27.2 Å². The molecule has 0 spiro atoms. The zero-order valence-electron chi connectivity index (χ0n) is 13.5. The summed E-state index contributed by atoms with van der Waals surface area (Å²) in [5.74, 6) is 0.101. The Balaban J connectivity index is 2.07. The fraction of sp³-hybridized carbons (Fsp3) is 0.867. The van der Waals surface area contributed by atoms with Crippen molar-refractivity contribution in [1.29, 1.82) is 0 Å². The average Bonchev–Trinajstić information content (AvgIpc) is 2.46. The lowest BCUT2D eigenvalue weighted by Crippen LogP contribution is -2.65. The third-order valence-electron chi connectivity index (χ3n) is 4.65. The SMILES string of the molecule is CCC(C)C1NC(=O)C(C)N(CC2CN(C)CCO2)C1=O. The van der Waals surface area contributed by atoms with E-state index >= 15 is 0 Å². The first-order chi connectivity index (χ1) is 9.93. The number of rotatable bonds is 4. The zero-order chi connectivity index (χ0) is 15.6. The largest absolute Gasteiger partial charge is 0.374 e. The first-order valence-corrected chi connectivity index (χ1v) is 7.85. The number of likely N-dealkylation sites (N-methyl/N-ethyl adjacent to an activating group) is 1. The molecule has 0 bridgehead atoms. The Bertz CT molecular complexity index is 402. The van der Waals surface area contributed by atoms with E-state index in [0.29, 0.717) is 13.2 Å². The molecule has 0 aromatic rings. The molecular formula is C15H27N3O3. The van der Waals surface area contributed by atoms with Gasteiger partial charge in [0.2, 0.25) is 11.8 Å². The fourth-order valence-electron chi connectivity index (χ4n) is 2.91. The Morgan fingerprint density at radius 1 is 1.43 bits per heavy atom. The average molecular weight is 297 g/mol. The van der Waals surface area contributed by atoms with E-state index in [2.05, 4.69) is 10.2 Å². The van der Waals surface area contributed by atoms with E-state index in [1.54, 1.807) is 11.8 Å². The normalized spacial score (nSPS) is 33.0. The standard InChI is InChI=1S/C15H27N3O3/c1-5-10(2)13-15(20)18(11(3)14(19)16-13)9-12-8-17(4)6-7-21-12/h10-13H,5-9H2,1-4H3,(H,16,19). The van der Waals surface area contributed by atoms with Gasteiger partial charge in [0.05, 0.1) is 12.7 Å². The number of carbonyl (C=O) groups excluding carboxylic acids is 2. The molecule has 2 aliphatic rings. The molecule has 4 atom stereocenters. The highest BCUT2D eigenvalue weighted by atomic mass is 16.5. The van der Waals surface area contributed by atoms with E-state index in [0.717, 1.165) is 19.5 Å². The lowest BCUT2D eigenvalue weighted by Gasteiger charge is -2.42. The highest BCUT2D eigenvalue weighted by molar-refractivity contribution is 5.96. The molecule has 21 heavy (non-hydrogen) atoms. The van der Waals surface area contributed by atoms with Gasteiger partial charge in [-0.2, -0.15) is 0 Å². The molecule has 6 heteroatoms. The maximum Gasteiger partial charge on any atom is 0.246 e. The number of hydrogen-bond donors (Lipinski definition) is 1. The summed E-state index contributed by atoms with van der Waals surface area (Å²) in [5, 5.41) is 2.86. The number of morpholine rings is 1. The molecule has 2 heterocycles. The van der Waals surface area contributed by atoms with Crippen LogP contribution in [0.2, 0.25) is 0 Å². The van der Waals surface area contributed by atoms with Crippen LogP contribution in [0.25, 0.3) is 0 Å². The maximum absolute atomic E-state index is 12.7. The number of nitrogens with one attached hydrogen (secondary N) is 1. The smallest absolute Gasteiger partial charge is 0.246 e. The van der Waals surface area contributed by atoms with Crippen LogP contribution in [-0.4, -0.2) is 73.1 Å². The number of carbonyl (C=O) groups is 2. The molecule has 0 saturated carbocycles. The molecule has 4 unspecified atom stereocenters. The first-order valence-electron chi connectivity index (χ1n) is 7.85. The number of ether oxygens (including phenoxy) is 1. The van der Waals surface area contributed by atoms with E-state index in [1.165, 1.54) is 0 Å². The fourth-order valence-corrected chi connectivity index (χ4v) is 2.91. The summed E-state index contributed by atoms with van der Waals surface area (Å²) in [6.07, 6.45) is 0.848. The lowest BCUT2D eigenvalue weighted by molar-refractivity contribution is -0.153. The van der Waals surface area contributed by atoms with Crippen molar-refractivity contribution in [3.05, 3.63) is 0 Å². The topological polar surface area (TPSA) is 61.9 Å². The molecule has 1 N–H and O–H groups in total. The van der Waals surface area contributed by atoms with Gasteiger partial charge >= 0.3 is 0 Å². The van der Waals surface area contributed by atoms with Crippen molar-refractivity contribution in [3.8, 4) is 0 Å². The minimum absolute atomic E-state index is 0.0152. The molecule has 2 saturated heterocycles. The molecule has 120 valence electrons. The number of nitrogens with zero attached hydrogens (tertiary/aromatic N) is 2. The summed E-state index contributed by atoms with van der Waals surface area (Å²) in [6, 6.07) is -0.825. The second-order valence-corrected chi connectivity index (χ2v) is 6.29. The van der Waals surface area contributed by atoms with E-state index in [1.807, 2.05) is 20.9 Å². The molecule has 2 fully saturated rings. The highest BCUT2D eigenvalue weighted by Gasteiger charge is 2.41. The second-order valence-electron chi connectivity index (χ2n) is 6.29. The van der Waals surface area contributed by atoms with Gasteiger partial charge in [-0.05, 0) is 19.9 Å². The van der Waals surface area contributed by atoms with Crippen molar-refractivity contribution >= 4 is 11.8 Å². The van der Waals surface area contributed by atoms with Gasteiger partial charge < -0.3 is 19.9 Å². The summed E-state index contributed by atoms with van der Waals surface area (Å²) < 4.78 is 5.74. The van der Waals surface area contributed by atoms with Gasteiger partial charge in [0.1, 0.15) is 12.1 Å². The Kier molecular flexibility index (Phi) is 5.22. The Morgan fingerprint density at radius 2 is 2.14 bits per heavy atom. The van der Waals surface area contributed by atoms with Gasteiger partial charge in [0, 0.05) is 19.6 Å². The summed E-state index contributed by atoms with van der Waals surface area (Å²) in [7, 11) is 2.05. The van der Waals surface area contributed by atoms with E-state index < -0.39 is 12.1 Å². The van der Waals surface area contributed by atoms with Gasteiger partial charge in [-0.15, -0.1) is 0 Å². The van der Waals surface area contributed by atoms with Crippen molar-refractivity contribution in [2.45, 2.75) is 45.4 Å². The lowest BCUT2D eigenvalue weighted by atomic mass is 9.94. The van der Waals surface area contributed by atoms with Crippen LogP contribution in [0.4, 0.5) is 0 Å². The molecule has 2 amide bonds. The minimum Gasteiger partial charge on any atom is -0.374 e. The third kappa shape index (κ3) is 3.55. The Morgan fingerprint density at radius 3 is 2.76 bits per heavy atom. The van der Waals surface area contributed by atoms with Crippen LogP contribution in [0.15, 0.2) is 0 Å². The van der Waals surface area contributed by atoms with E-state index in [4.69, 9.17) is 4.74 Å². The molecular weight excluding hydrogens is 270 g/mol. The van der Waals surface area contributed by atoms with E-state index in [9.17, 15) is 9.59 Å². The molecule has 0 aromatic heterocycles. The molecule has 2 rings (SSSR count). The van der Waals surface area contributed by atoms with Gasteiger partial charge in [-0.1, -0.05) is 20.3 Å². The van der Waals surface area contributed by atoms with Crippen LogP contribution in [-0.2, 0) is 14.3 Å². The van der Waals surface area contributed by atoms with Crippen molar-refractivity contribution in [3.63, 3.8) is 0 Å². The van der Waals surface area contributed by atoms with Crippen molar-refractivity contribution in [2.24, 2.45) is 5.92 Å². The summed E-state index contributed by atoms with van der Waals surface area (Å²) in [6.45, 7) is 8.70. The Hall–Kier alpha value is -1.14. The van der Waals surface area contributed by atoms with Crippen LogP contribution < -0.4 is 5.32 Å². The predicted octanol–water partition coefficient (Wildman–Crippen LogP) is 0.0786.